The van der Waals surface area contributed by atoms with E-state index in [0.29, 0.717) is 12.0 Å². The molecular formula is C17H29NO. The topological polar surface area (TPSA) is 21.3 Å². The molecule has 0 saturated carbocycles. The van der Waals surface area contributed by atoms with Crippen LogP contribution in [0.5, 0.6) is 5.75 Å². The van der Waals surface area contributed by atoms with Gasteiger partial charge in [0.2, 0.25) is 0 Å². The highest BCUT2D eigenvalue weighted by Gasteiger charge is 2.18. The van der Waals surface area contributed by atoms with Crippen molar-refractivity contribution >= 4 is 0 Å². The van der Waals surface area contributed by atoms with E-state index in [1.807, 2.05) is 0 Å². The summed E-state index contributed by atoms with van der Waals surface area (Å²) in [5.74, 6) is 1.53. The molecule has 2 nitrogen and oxygen atoms in total. The largest absolute Gasteiger partial charge is 0.489 e. The van der Waals surface area contributed by atoms with Crippen LogP contribution in [-0.4, -0.2) is 18.7 Å². The van der Waals surface area contributed by atoms with Gasteiger partial charge >= 0.3 is 0 Å². The summed E-state index contributed by atoms with van der Waals surface area (Å²) in [6.07, 6.45) is 1.27. The van der Waals surface area contributed by atoms with Crippen molar-refractivity contribution < 1.29 is 4.74 Å². The van der Waals surface area contributed by atoms with E-state index in [1.54, 1.807) is 0 Å². The highest BCUT2D eigenvalue weighted by molar-refractivity contribution is 5.39. The highest BCUT2D eigenvalue weighted by atomic mass is 16.5. The maximum atomic E-state index is 6.23. The normalized spacial score (nSPS) is 14.5. The van der Waals surface area contributed by atoms with Gasteiger partial charge in [0.1, 0.15) is 11.9 Å². The minimum atomic E-state index is 0.184. The fraction of sp³-hybridized carbons (Fsp3) is 0.647. The summed E-state index contributed by atoms with van der Waals surface area (Å²) in [7, 11) is 0. The molecule has 1 rings (SSSR count). The third-order valence-electron chi connectivity index (χ3n) is 3.58. The maximum Gasteiger partial charge on any atom is 0.123 e. The molecule has 0 radical (unpaired) electrons. The summed E-state index contributed by atoms with van der Waals surface area (Å²) in [6, 6.07) is 6.92. The number of rotatable bonds is 7. The molecule has 0 aliphatic rings. The Morgan fingerprint density at radius 1 is 1.16 bits per heavy atom. The Kier molecular flexibility index (Phi) is 6.36. The summed E-state index contributed by atoms with van der Waals surface area (Å²) in [5, 5.41) is 3.49. The smallest absolute Gasteiger partial charge is 0.123 e. The van der Waals surface area contributed by atoms with Crippen LogP contribution in [0.3, 0.4) is 0 Å². The lowest BCUT2D eigenvalue weighted by atomic mass is 10.0. The van der Waals surface area contributed by atoms with Crippen LogP contribution >= 0.6 is 0 Å². The summed E-state index contributed by atoms with van der Waals surface area (Å²) < 4.78 is 6.23. The fourth-order valence-electron chi connectivity index (χ4n) is 2.41. The Balaban J connectivity index is 2.88. The first-order valence-corrected chi connectivity index (χ1v) is 7.50. The summed E-state index contributed by atoms with van der Waals surface area (Å²) in [4.78, 5) is 0. The van der Waals surface area contributed by atoms with Crippen molar-refractivity contribution in [1.29, 1.82) is 0 Å². The molecule has 0 bridgehead atoms. The zero-order chi connectivity index (χ0) is 14.4. The molecule has 1 N–H and O–H groups in total. The van der Waals surface area contributed by atoms with Gasteiger partial charge in [-0.05, 0) is 49.9 Å². The lowest BCUT2D eigenvalue weighted by molar-refractivity contribution is 0.166. The van der Waals surface area contributed by atoms with Crippen molar-refractivity contribution in [2.75, 3.05) is 6.54 Å². The van der Waals surface area contributed by atoms with E-state index in [9.17, 15) is 0 Å². The van der Waals surface area contributed by atoms with Crippen LogP contribution in [0, 0.1) is 6.92 Å². The third kappa shape index (κ3) is 4.54. The van der Waals surface area contributed by atoms with Crippen molar-refractivity contribution in [1.82, 2.24) is 5.32 Å². The van der Waals surface area contributed by atoms with Crippen LogP contribution in [-0.2, 0) is 0 Å². The average Bonchev–Trinajstić information content (AvgIpc) is 2.35. The second kappa shape index (κ2) is 7.54. The minimum absolute atomic E-state index is 0.184. The van der Waals surface area contributed by atoms with Crippen molar-refractivity contribution in [3.8, 4) is 5.75 Å². The molecule has 2 atom stereocenters. The summed E-state index contributed by atoms with van der Waals surface area (Å²) in [6.45, 7) is 14.0. The Labute approximate surface area is 118 Å². The first-order valence-electron chi connectivity index (χ1n) is 7.50. The maximum absolute atomic E-state index is 6.23. The predicted molar refractivity (Wildman–Crippen MR) is 83.1 cm³/mol. The Morgan fingerprint density at radius 3 is 2.37 bits per heavy atom. The first kappa shape index (κ1) is 16.0. The van der Waals surface area contributed by atoms with E-state index in [1.165, 1.54) is 11.1 Å². The van der Waals surface area contributed by atoms with E-state index in [2.05, 4.69) is 65.1 Å². The van der Waals surface area contributed by atoms with E-state index >= 15 is 0 Å². The van der Waals surface area contributed by atoms with Crippen molar-refractivity contribution in [3.63, 3.8) is 0 Å². The van der Waals surface area contributed by atoms with E-state index in [4.69, 9.17) is 4.74 Å². The SMILES string of the molecule is CCNC(CC)C(C)Oc1cc(C)ccc1C(C)C. The molecule has 0 aliphatic heterocycles. The lowest BCUT2D eigenvalue weighted by Crippen LogP contribution is -2.40. The molecule has 19 heavy (non-hydrogen) atoms. The monoisotopic (exact) mass is 263 g/mol. The molecule has 2 unspecified atom stereocenters. The number of benzene rings is 1. The number of likely N-dealkylation sites (N-methyl/N-ethyl adjacent to an activating group) is 1. The van der Waals surface area contributed by atoms with Crippen molar-refractivity contribution in [2.45, 2.75) is 66.0 Å². The minimum Gasteiger partial charge on any atom is -0.489 e. The molecule has 0 aromatic heterocycles. The quantitative estimate of drug-likeness (QED) is 0.793. The molecule has 0 aliphatic carbocycles. The van der Waals surface area contributed by atoms with Crippen LogP contribution < -0.4 is 10.1 Å². The Bertz CT molecular complexity index is 387. The van der Waals surface area contributed by atoms with Gasteiger partial charge < -0.3 is 10.1 Å². The lowest BCUT2D eigenvalue weighted by Gasteiger charge is -2.26. The average molecular weight is 263 g/mol. The molecule has 0 fully saturated rings. The van der Waals surface area contributed by atoms with Crippen molar-refractivity contribution in [3.05, 3.63) is 29.3 Å². The Morgan fingerprint density at radius 2 is 1.84 bits per heavy atom. The molecule has 2 heteroatoms. The van der Waals surface area contributed by atoms with Gasteiger partial charge in [-0.1, -0.05) is 39.8 Å². The van der Waals surface area contributed by atoms with E-state index in [-0.39, 0.29) is 6.10 Å². The van der Waals surface area contributed by atoms with Crippen LogP contribution in [0.25, 0.3) is 0 Å². The molecule has 1 aromatic carbocycles. The Hall–Kier alpha value is -1.02. The summed E-state index contributed by atoms with van der Waals surface area (Å²) >= 11 is 0. The molecule has 0 saturated heterocycles. The molecule has 0 heterocycles. The zero-order valence-corrected chi connectivity index (χ0v) is 13.3. The third-order valence-corrected chi connectivity index (χ3v) is 3.58. The van der Waals surface area contributed by atoms with Crippen molar-refractivity contribution in [2.24, 2.45) is 0 Å². The molecular weight excluding hydrogens is 234 g/mol. The van der Waals surface area contributed by atoms with Crippen LogP contribution in [0.15, 0.2) is 18.2 Å². The van der Waals surface area contributed by atoms with Gasteiger partial charge in [-0.25, -0.2) is 0 Å². The fourth-order valence-corrected chi connectivity index (χ4v) is 2.41. The van der Waals surface area contributed by atoms with Gasteiger partial charge in [-0.2, -0.15) is 0 Å². The predicted octanol–water partition coefficient (Wildman–Crippen LogP) is 4.27. The van der Waals surface area contributed by atoms with E-state index < -0.39 is 0 Å². The van der Waals surface area contributed by atoms with Crippen LogP contribution in [0.4, 0.5) is 0 Å². The van der Waals surface area contributed by atoms with Gasteiger partial charge in [-0.3, -0.25) is 0 Å². The molecule has 108 valence electrons. The number of ether oxygens (including phenoxy) is 1. The standard InChI is InChI=1S/C17H29NO/c1-7-16(18-8-2)14(6)19-17-11-13(5)9-10-15(17)12(3)4/h9-12,14,16,18H,7-8H2,1-6H3. The highest BCUT2D eigenvalue weighted by Crippen LogP contribution is 2.28. The molecule has 1 aromatic rings. The van der Waals surface area contributed by atoms with E-state index in [0.717, 1.165) is 18.7 Å². The van der Waals surface area contributed by atoms with Gasteiger partial charge in [-0.15, -0.1) is 0 Å². The first-order chi connectivity index (χ1) is 8.99. The second-order valence-electron chi connectivity index (χ2n) is 5.59. The molecule has 0 spiro atoms. The number of aryl methyl sites for hydroxylation is 1. The van der Waals surface area contributed by atoms with Gasteiger partial charge in [0.15, 0.2) is 0 Å². The summed E-state index contributed by atoms with van der Waals surface area (Å²) in [5.41, 5.74) is 2.55. The van der Waals surface area contributed by atoms with Gasteiger partial charge in [0.05, 0.1) is 0 Å². The number of nitrogens with one attached hydrogen (secondary N) is 1. The number of hydrogen-bond acceptors (Lipinski definition) is 2. The van der Waals surface area contributed by atoms with Gasteiger partial charge in [0, 0.05) is 6.04 Å². The second-order valence-corrected chi connectivity index (χ2v) is 5.59. The van der Waals surface area contributed by atoms with Crippen LogP contribution in [0.2, 0.25) is 0 Å². The molecule has 0 amide bonds. The van der Waals surface area contributed by atoms with Gasteiger partial charge in [0.25, 0.3) is 0 Å². The van der Waals surface area contributed by atoms with Crippen LogP contribution in [0.1, 0.15) is 58.1 Å². The zero-order valence-electron chi connectivity index (χ0n) is 13.3. The number of hydrogen-bond donors (Lipinski definition) is 1.